The number of hydrogen-bond donors (Lipinski definition) is 1. The molecule has 4 nitrogen and oxygen atoms in total. The fraction of sp³-hybridized carbons (Fsp3) is 0.533. The van der Waals surface area contributed by atoms with Gasteiger partial charge in [-0.3, -0.25) is 9.69 Å². The first kappa shape index (κ1) is 14.0. The standard InChI is InChI=1S/C15H22N2O2/c1-10-7-12(14(19-4)8-11(10)2)15(18)13-9-16-5-6-17(13)3/h7-8,13,16H,5-6,9H2,1-4H3. The zero-order chi connectivity index (χ0) is 14.0. The van der Waals surface area contributed by atoms with Gasteiger partial charge in [0.2, 0.25) is 0 Å². The van der Waals surface area contributed by atoms with E-state index in [4.69, 9.17) is 4.74 Å². The van der Waals surface area contributed by atoms with Gasteiger partial charge in [-0.05, 0) is 44.2 Å². The van der Waals surface area contributed by atoms with Crippen molar-refractivity contribution in [2.24, 2.45) is 0 Å². The largest absolute Gasteiger partial charge is 0.496 e. The highest BCUT2D eigenvalue weighted by Crippen LogP contribution is 2.25. The summed E-state index contributed by atoms with van der Waals surface area (Å²) in [6, 6.07) is 3.78. The van der Waals surface area contributed by atoms with Gasteiger partial charge >= 0.3 is 0 Å². The Morgan fingerprint density at radius 2 is 2.05 bits per heavy atom. The minimum Gasteiger partial charge on any atom is -0.496 e. The maximum Gasteiger partial charge on any atom is 0.184 e. The third-order valence-electron chi connectivity index (χ3n) is 3.89. The van der Waals surface area contributed by atoms with E-state index in [9.17, 15) is 4.79 Å². The third kappa shape index (κ3) is 2.80. The SMILES string of the molecule is COc1cc(C)c(C)cc1C(=O)C1CNCCN1C. The van der Waals surface area contributed by atoms with Crippen molar-refractivity contribution in [3.63, 3.8) is 0 Å². The molecule has 1 aliphatic rings. The summed E-state index contributed by atoms with van der Waals surface area (Å²) >= 11 is 0. The maximum absolute atomic E-state index is 12.7. The van der Waals surface area contributed by atoms with Crippen LogP contribution in [0.5, 0.6) is 5.75 Å². The molecule has 4 heteroatoms. The Hall–Kier alpha value is -1.39. The average Bonchev–Trinajstić information content (AvgIpc) is 2.41. The Labute approximate surface area is 114 Å². The first-order valence-corrected chi connectivity index (χ1v) is 6.65. The predicted molar refractivity (Wildman–Crippen MR) is 76.1 cm³/mol. The molecule has 19 heavy (non-hydrogen) atoms. The van der Waals surface area contributed by atoms with E-state index in [2.05, 4.69) is 10.2 Å². The summed E-state index contributed by atoms with van der Waals surface area (Å²) in [5.74, 6) is 0.807. The molecule has 1 unspecified atom stereocenters. The monoisotopic (exact) mass is 262 g/mol. The first-order chi connectivity index (χ1) is 9.04. The molecule has 1 saturated heterocycles. The van der Waals surface area contributed by atoms with Gasteiger partial charge in [0.25, 0.3) is 0 Å². The number of Topliss-reactive ketones (excluding diaryl/α,β-unsaturated/α-hetero) is 1. The molecule has 1 aromatic rings. The lowest BCUT2D eigenvalue weighted by atomic mass is 9.97. The Morgan fingerprint density at radius 1 is 1.37 bits per heavy atom. The van der Waals surface area contributed by atoms with Crippen LogP contribution in [-0.4, -0.2) is 50.5 Å². The number of carbonyl (C=O) groups excluding carboxylic acids is 1. The molecule has 0 aliphatic carbocycles. The second kappa shape index (κ2) is 5.72. The average molecular weight is 262 g/mol. The molecular weight excluding hydrogens is 240 g/mol. The summed E-state index contributed by atoms with van der Waals surface area (Å²) in [4.78, 5) is 14.8. The van der Waals surface area contributed by atoms with E-state index in [1.54, 1.807) is 7.11 Å². The summed E-state index contributed by atoms with van der Waals surface area (Å²) in [6.45, 7) is 6.58. The Morgan fingerprint density at radius 3 is 2.68 bits per heavy atom. The molecule has 1 fully saturated rings. The van der Waals surface area contributed by atoms with Crippen molar-refractivity contribution in [2.75, 3.05) is 33.8 Å². The number of aryl methyl sites for hydroxylation is 2. The number of ether oxygens (including phenoxy) is 1. The third-order valence-corrected chi connectivity index (χ3v) is 3.89. The second-order valence-corrected chi connectivity index (χ2v) is 5.20. The van der Waals surface area contributed by atoms with Gasteiger partial charge in [0.15, 0.2) is 5.78 Å². The minimum atomic E-state index is -0.107. The molecule has 1 aliphatic heterocycles. The molecule has 104 valence electrons. The second-order valence-electron chi connectivity index (χ2n) is 5.20. The van der Waals surface area contributed by atoms with Crippen LogP contribution in [0.4, 0.5) is 0 Å². The fourth-order valence-electron chi connectivity index (χ4n) is 2.43. The Bertz CT molecular complexity index is 485. The van der Waals surface area contributed by atoms with E-state index in [0.717, 1.165) is 24.2 Å². The zero-order valence-corrected chi connectivity index (χ0v) is 12.1. The van der Waals surface area contributed by atoms with Gasteiger partial charge < -0.3 is 10.1 Å². The zero-order valence-electron chi connectivity index (χ0n) is 12.1. The number of piperazine rings is 1. The van der Waals surface area contributed by atoms with Gasteiger partial charge in [-0.15, -0.1) is 0 Å². The molecular formula is C15H22N2O2. The van der Waals surface area contributed by atoms with Crippen LogP contribution < -0.4 is 10.1 Å². The van der Waals surface area contributed by atoms with Crippen LogP contribution >= 0.6 is 0 Å². The van der Waals surface area contributed by atoms with E-state index in [1.165, 1.54) is 0 Å². The first-order valence-electron chi connectivity index (χ1n) is 6.65. The maximum atomic E-state index is 12.7. The van der Waals surface area contributed by atoms with Gasteiger partial charge in [-0.25, -0.2) is 0 Å². The van der Waals surface area contributed by atoms with E-state index >= 15 is 0 Å². The molecule has 0 radical (unpaired) electrons. The number of nitrogens with one attached hydrogen (secondary N) is 1. The lowest BCUT2D eigenvalue weighted by Crippen LogP contribution is -2.53. The molecule has 0 bridgehead atoms. The number of likely N-dealkylation sites (N-methyl/N-ethyl adjacent to an activating group) is 1. The van der Waals surface area contributed by atoms with Crippen molar-refractivity contribution in [2.45, 2.75) is 19.9 Å². The van der Waals surface area contributed by atoms with Crippen molar-refractivity contribution < 1.29 is 9.53 Å². The molecule has 1 atom stereocenters. The summed E-state index contributed by atoms with van der Waals surface area (Å²) in [5, 5.41) is 3.28. The molecule has 0 aromatic heterocycles. The summed E-state index contributed by atoms with van der Waals surface area (Å²) in [7, 11) is 3.61. The number of nitrogens with zero attached hydrogens (tertiary/aromatic N) is 1. The van der Waals surface area contributed by atoms with Crippen LogP contribution in [0.1, 0.15) is 21.5 Å². The lowest BCUT2D eigenvalue weighted by Gasteiger charge is -2.32. The Balaban J connectivity index is 2.34. The Kier molecular flexibility index (Phi) is 4.22. The smallest absolute Gasteiger partial charge is 0.184 e. The summed E-state index contributed by atoms with van der Waals surface area (Å²) < 4.78 is 5.37. The molecule has 0 spiro atoms. The van der Waals surface area contributed by atoms with Crippen molar-refractivity contribution in [3.05, 3.63) is 28.8 Å². The normalized spacial score (nSPS) is 20.3. The van der Waals surface area contributed by atoms with Crippen molar-refractivity contribution >= 4 is 5.78 Å². The number of methoxy groups -OCH3 is 1. The van der Waals surface area contributed by atoms with Crippen LogP contribution in [0.25, 0.3) is 0 Å². The number of ketones is 1. The van der Waals surface area contributed by atoms with E-state index in [1.807, 2.05) is 33.0 Å². The van der Waals surface area contributed by atoms with Gasteiger partial charge in [0.05, 0.1) is 18.7 Å². The van der Waals surface area contributed by atoms with Crippen molar-refractivity contribution in [1.82, 2.24) is 10.2 Å². The van der Waals surface area contributed by atoms with Crippen molar-refractivity contribution in [3.8, 4) is 5.75 Å². The number of hydrogen-bond acceptors (Lipinski definition) is 4. The van der Waals surface area contributed by atoms with Crippen LogP contribution in [0.2, 0.25) is 0 Å². The van der Waals surface area contributed by atoms with Gasteiger partial charge in [0, 0.05) is 19.6 Å². The lowest BCUT2D eigenvalue weighted by molar-refractivity contribution is 0.0816. The number of rotatable bonds is 3. The molecule has 1 N–H and O–H groups in total. The minimum absolute atomic E-state index is 0.107. The molecule has 0 saturated carbocycles. The quantitative estimate of drug-likeness (QED) is 0.836. The van der Waals surface area contributed by atoms with Gasteiger partial charge in [-0.2, -0.15) is 0 Å². The number of carbonyl (C=O) groups is 1. The topological polar surface area (TPSA) is 41.6 Å². The van der Waals surface area contributed by atoms with Crippen LogP contribution in [0, 0.1) is 13.8 Å². The highest BCUT2D eigenvalue weighted by molar-refractivity contribution is 6.03. The van der Waals surface area contributed by atoms with E-state index in [-0.39, 0.29) is 11.8 Å². The highest BCUT2D eigenvalue weighted by atomic mass is 16.5. The molecule has 2 rings (SSSR count). The van der Waals surface area contributed by atoms with Crippen LogP contribution in [0.15, 0.2) is 12.1 Å². The summed E-state index contributed by atoms with van der Waals surface area (Å²) in [6.07, 6.45) is 0. The number of benzene rings is 1. The molecule has 1 aromatic carbocycles. The van der Waals surface area contributed by atoms with Gasteiger partial charge in [-0.1, -0.05) is 0 Å². The van der Waals surface area contributed by atoms with E-state index in [0.29, 0.717) is 17.9 Å². The fourth-order valence-corrected chi connectivity index (χ4v) is 2.43. The summed E-state index contributed by atoms with van der Waals surface area (Å²) in [5.41, 5.74) is 2.95. The van der Waals surface area contributed by atoms with E-state index < -0.39 is 0 Å². The molecule has 1 heterocycles. The highest BCUT2D eigenvalue weighted by Gasteiger charge is 2.28. The predicted octanol–water partition coefficient (Wildman–Crippen LogP) is 1.40. The molecule has 0 amide bonds. The van der Waals surface area contributed by atoms with Gasteiger partial charge in [0.1, 0.15) is 5.75 Å². The van der Waals surface area contributed by atoms with Crippen molar-refractivity contribution in [1.29, 1.82) is 0 Å². The van der Waals surface area contributed by atoms with Crippen LogP contribution in [0.3, 0.4) is 0 Å². The van der Waals surface area contributed by atoms with Crippen LogP contribution in [-0.2, 0) is 0 Å².